The number of anilines is 1. The molecule has 10 heteroatoms. The van der Waals surface area contributed by atoms with Gasteiger partial charge in [0.2, 0.25) is 10.0 Å². The van der Waals surface area contributed by atoms with Crippen molar-refractivity contribution in [1.82, 2.24) is 19.4 Å². The monoisotopic (exact) mass is 494 g/mol. The topological polar surface area (TPSA) is 111 Å². The van der Waals surface area contributed by atoms with E-state index in [0.717, 1.165) is 24.4 Å². The number of benzene rings is 2. The summed E-state index contributed by atoms with van der Waals surface area (Å²) in [4.78, 5) is 19.3. The van der Waals surface area contributed by atoms with Gasteiger partial charge in [-0.05, 0) is 48.2 Å². The van der Waals surface area contributed by atoms with Gasteiger partial charge in [-0.25, -0.2) is 18.5 Å². The van der Waals surface area contributed by atoms with Gasteiger partial charge in [-0.1, -0.05) is 39.0 Å². The lowest BCUT2D eigenvalue weighted by Crippen LogP contribution is -2.38. The predicted octanol–water partition coefficient (Wildman–Crippen LogP) is 3.07. The zero-order valence-electron chi connectivity index (χ0n) is 20.2. The van der Waals surface area contributed by atoms with Crippen LogP contribution in [-0.4, -0.2) is 66.4 Å². The zero-order chi connectivity index (χ0) is 24.8. The molecule has 0 atom stereocenters. The number of nitrogens with zero attached hydrogens (tertiary/aromatic N) is 4. The van der Waals surface area contributed by atoms with E-state index >= 15 is 0 Å². The standard InChI is InChI=1S/C25H30N6O3S/c1-25(2,3)17-8-10-18(11-9-17)35(33,34)31-13-5-12-30(14-15-31)16-21-26-20-7-4-6-19-22(20)23(27-21)28-29-24(19)32/h4,6-11H,5,12-16H2,1-3H3,(H,29,32)(H,26,27,28). The van der Waals surface area contributed by atoms with E-state index in [0.29, 0.717) is 53.4 Å². The van der Waals surface area contributed by atoms with E-state index in [4.69, 9.17) is 4.99 Å². The van der Waals surface area contributed by atoms with E-state index < -0.39 is 10.0 Å². The van der Waals surface area contributed by atoms with Crippen molar-refractivity contribution in [1.29, 1.82) is 0 Å². The summed E-state index contributed by atoms with van der Waals surface area (Å²) < 4.78 is 28.2. The maximum atomic E-state index is 13.3. The molecule has 0 unspecified atom stereocenters. The third kappa shape index (κ3) is 4.61. The van der Waals surface area contributed by atoms with Crippen molar-refractivity contribution in [3.05, 3.63) is 58.4 Å². The van der Waals surface area contributed by atoms with Gasteiger partial charge >= 0.3 is 0 Å². The number of H-pyrrole nitrogens is 1. The maximum Gasteiger partial charge on any atom is 0.272 e. The summed E-state index contributed by atoms with van der Waals surface area (Å²) in [7, 11) is -3.56. The smallest absolute Gasteiger partial charge is 0.272 e. The van der Waals surface area contributed by atoms with E-state index in [1.807, 2.05) is 24.3 Å². The molecular formula is C25H30N6O3S. The Morgan fingerprint density at radius 3 is 2.51 bits per heavy atom. The zero-order valence-corrected chi connectivity index (χ0v) is 21.0. The molecule has 2 aliphatic heterocycles. The van der Waals surface area contributed by atoms with Crippen LogP contribution in [-0.2, 0) is 15.4 Å². The number of aromatic nitrogens is 2. The van der Waals surface area contributed by atoms with Crippen molar-refractivity contribution in [2.75, 3.05) is 38.0 Å². The Bertz CT molecular complexity index is 1460. The fraction of sp³-hybridized carbons (Fsp3) is 0.400. The van der Waals surface area contributed by atoms with Crippen LogP contribution in [0.5, 0.6) is 0 Å². The molecule has 184 valence electrons. The fourth-order valence-electron chi connectivity index (χ4n) is 4.60. The molecule has 2 N–H and O–H groups in total. The van der Waals surface area contributed by atoms with E-state index in [1.165, 1.54) is 0 Å². The van der Waals surface area contributed by atoms with Crippen LogP contribution in [0.1, 0.15) is 32.8 Å². The largest absolute Gasteiger partial charge is 0.325 e. The third-order valence-electron chi connectivity index (χ3n) is 6.59. The Morgan fingerprint density at radius 2 is 1.77 bits per heavy atom. The van der Waals surface area contributed by atoms with E-state index in [2.05, 4.69) is 41.2 Å². The van der Waals surface area contributed by atoms with Gasteiger partial charge in [-0.2, -0.15) is 9.40 Å². The lowest BCUT2D eigenvalue weighted by atomic mass is 9.87. The Labute approximate surface area is 204 Å². The molecule has 1 saturated heterocycles. The minimum Gasteiger partial charge on any atom is -0.325 e. The number of sulfonamides is 1. The molecule has 2 aliphatic rings. The molecule has 0 radical (unpaired) electrons. The molecule has 3 heterocycles. The summed E-state index contributed by atoms with van der Waals surface area (Å²) in [6.07, 6.45) is 0.727. The molecule has 3 aromatic rings. The Morgan fingerprint density at radius 1 is 1.00 bits per heavy atom. The van der Waals surface area contributed by atoms with Gasteiger partial charge in [-0.3, -0.25) is 9.69 Å². The molecule has 9 nitrogen and oxygen atoms in total. The van der Waals surface area contributed by atoms with Gasteiger partial charge in [0, 0.05) is 19.6 Å². The summed E-state index contributed by atoms with van der Waals surface area (Å²) >= 11 is 0. The van der Waals surface area contributed by atoms with Crippen LogP contribution >= 0.6 is 0 Å². The van der Waals surface area contributed by atoms with Gasteiger partial charge in [0.05, 0.1) is 27.9 Å². The van der Waals surface area contributed by atoms with E-state index in [1.54, 1.807) is 22.5 Å². The summed E-state index contributed by atoms with van der Waals surface area (Å²) in [6.45, 7) is 9.10. The highest BCUT2D eigenvalue weighted by atomic mass is 32.2. The van der Waals surface area contributed by atoms with Gasteiger partial charge in [0.25, 0.3) is 5.56 Å². The summed E-state index contributed by atoms with van der Waals surface area (Å²) in [5.74, 6) is 1.30. The Balaban J connectivity index is 1.29. The molecule has 0 spiro atoms. The van der Waals surface area contributed by atoms with Crippen LogP contribution in [0.15, 0.2) is 57.1 Å². The molecule has 1 fully saturated rings. The normalized spacial score (nSPS) is 17.6. The number of rotatable bonds is 4. The number of hydrogen-bond acceptors (Lipinski definition) is 7. The average molecular weight is 495 g/mol. The van der Waals surface area contributed by atoms with Crippen molar-refractivity contribution >= 4 is 38.1 Å². The van der Waals surface area contributed by atoms with Gasteiger partial charge in [0.15, 0.2) is 5.82 Å². The Hall–Kier alpha value is -3.08. The average Bonchev–Trinajstić information content (AvgIpc) is 3.07. The molecule has 0 aliphatic carbocycles. The Kier molecular flexibility index (Phi) is 5.98. The fourth-order valence-corrected chi connectivity index (χ4v) is 6.07. The number of nitrogens with one attached hydrogen (secondary N) is 2. The molecule has 1 aromatic heterocycles. The first-order chi connectivity index (χ1) is 16.6. The predicted molar refractivity (Wildman–Crippen MR) is 138 cm³/mol. The number of aliphatic imine (C=N–C) groups is 1. The van der Waals surface area contributed by atoms with Crippen molar-refractivity contribution in [2.24, 2.45) is 4.99 Å². The first-order valence-corrected chi connectivity index (χ1v) is 13.3. The minimum atomic E-state index is -3.56. The number of hydrogen-bond donors (Lipinski definition) is 2. The summed E-state index contributed by atoms with van der Waals surface area (Å²) in [6, 6.07) is 12.7. The lowest BCUT2D eigenvalue weighted by molar-refractivity contribution is 0.324. The maximum absolute atomic E-state index is 13.3. The second-order valence-corrected chi connectivity index (χ2v) is 12.0. The first-order valence-electron chi connectivity index (χ1n) is 11.8. The van der Waals surface area contributed by atoms with Crippen LogP contribution < -0.4 is 10.9 Å². The van der Waals surface area contributed by atoms with Crippen molar-refractivity contribution in [2.45, 2.75) is 37.5 Å². The van der Waals surface area contributed by atoms with Crippen molar-refractivity contribution in [3.63, 3.8) is 0 Å². The minimum absolute atomic E-state index is 0.0296. The van der Waals surface area contributed by atoms with Gasteiger partial charge in [-0.15, -0.1) is 0 Å². The molecule has 0 bridgehead atoms. The van der Waals surface area contributed by atoms with Crippen LogP contribution in [0.4, 0.5) is 11.5 Å². The van der Waals surface area contributed by atoms with Crippen molar-refractivity contribution < 1.29 is 8.42 Å². The van der Waals surface area contributed by atoms with Crippen LogP contribution in [0.25, 0.3) is 10.8 Å². The van der Waals surface area contributed by atoms with Crippen LogP contribution in [0, 0.1) is 0 Å². The molecule has 35 heavy (non-hydrogen) atoms. The molecular weight excluding hydrogens is 464 g/mol. The second kappa shape index (κ2) is 8.85. The second-order valence-electron chi connectivity index (χ2n) is 10.1. The quantitative estimate of drug-likeness (QED) is 0.577. The first kappa shape index (κ1) is 23.7. The molecule has 0 saturated carbocycles. The van der Waals surface area contributed by atoms with Crippen LogP contribution in [0.3, 0.4) is 0 Å². The highest BCUT2D eigenvalue weighted by Crippen LogP contribution is 2.32. The molecule has 2 aromatic carbocycles. The lowest BCUT2D eigenvalue weighted by Gasteiger charge is -2.24. The van der Waals surface area contributed by atoms with Gasteiger partial charge in [0.1, 0.15) is 5.84 Å². The summed E-state index contributed by atoms with van der Waals surface area (Å²) in [5, 5.41) is 11.2. The highest BCUT2D eigenvalue weighted by Gasteiger charge is 2.28. The van der Waals surface area contributed by atoms with E-state index in [-0.39, 0.29) is 11.0 Å². The van der Waals surface area contributed by atoms with Crippen molar-refractivity contribution in [3.8, 4) is 0 Å². The number of aromatic amines is 1. The summed E-state index contributed by atoms with van der Waals surface area (Å²) in [5.41, 5.74) is 1.54. The van der Waals surface area contributed by atoms with E-state index in [9.17, 15) is 13.2 Å². The molecule has 5 rings (SSSR count). The van der Waals surface area contributed by atoms with Gasteiger partial charge < -0.3 is 5.32 Å². The van der Waals surface area contributed by atoms with Crippen LogP contribution in [0.2, 0.25) is 0 Å². The SMILES string of the molecule is CC(C)(C)c1ccc(S(=O)(=O)N2CCCN(CC3=Nc4cccc5c(=O)[nH]nc(c45)N3)CC2)cc1. The highest BCUT2D eigenvalue weighted by molar-refractivity contribution is 7.89. The third-order valence-corrected chi connectivity index (χ3v) is 8.50. The number of amidine groups is 1. The molecule has 0 amide bonds.